The smallest absolute Gasteiger partial charge is 0.106 e. The van der Waals surface area contributed by atoms with E-state index in [0.717, 1.165) is 18.7 Å². The van der Waals surface area contributed by atoms with Gasteiger partial charge in [-0.25, -0.2) is 4.98 Å². The summed E-state index contributed by atoms with van der Waals surface area (Å²) < 4.78 is 0. The number of hydrogen-bond acceptors (Lipinski definition) is 1. The Bertz CT molecular complexity index is 148. The first kappa shape index (κ1) is 6.62. The second-order valence-corrected chi connectivity index (χ2v) is 2.21. The van der Waals surface area contributed by atoms with E-state index in [9.17, 15) is 0 Å². The summed E-state index contributed by atoms with van der Waals surface area (Å²) in [5, 5.41) is 0. The molecule has 0 bridgehead atoms. The van der Waals surface area contributed by atoms with Crippen LogP contribution >= 0.6 is 11.6 Å². The van der Waals surface area contributed by atoms with Crippen LogP contribution in [0.4, 0.5) is 0 Å². The number of halogens is 1. The maximum atomic E-state index is 5.48. The zero-order chi connectivity index (χ0) is 6.53. The summed E-state index contributed by atoms with van der Waals surface area (Å²) in [6.07, 6.45) is 5.53. The summed E-state index contributed by atoms with van der Waals surface area (Å²) in [5.41, 5.74) is 0. The van der Waals surface area contributed by atoms with Gasteiger partial charge in [0.1, 0.15) is 5.82 Å². The number of nitrogens with one attached hydrogen (secondary N) is 1. The minimum Gasteiger partial charge on any atom is -0.349 e. The van der Waals surface area contributed by atoms with E-state index < -0.39 is 0 Å². The average Bonchev–Trinajstić information content (AvgIpc) is 2.34. The summed E-state index contributed by atoms with van der Waals surface area (Å²) in [7, 11) is 0. The highest BCUT2D eigenvalue weighted by Crippen LogP contribution is 1.95. The van der Waals surface area contributed by atoms with Crippen molar-refractivity contribution in [3.8, 4) is 0 Å². The first-order valence-electron chi connectivity index (χ1n) is 2.97. The normalized spacial score (nSPS) is 9.89. The van der Waals surface area contributed by atoms with Crippen LogP contribution in [0.15, 0.2) is 12.4 Å². The largest absolute Gasteiger partial charge is 0.349 e. The van der Waals surface area contributed by atoms with Gasteiger partial charge in [-0.2, -0.15) is 0 Å². The summed E-state index contributed by atoms with van der Waals surface area (Å²) in [4.78, 5) is 7.04. The van der Waals surface area contributed by atoms with Crippen molar-refractivity contribution in [1.29, 1.82) is 0 Å². The Balaban J connectivity index is 2.30. The number of rotatable bonds is 3. The SMILES string of the molecule is ClCCCc1ncc[nH]1. The van der Waals surface area contributed by atoms with Gasteiger partial charge in [0.05, 0.1) is 0 Å². The van der Waals surface area contributed by atoms with Crippen molar-refractivity contribution in [2.24, 2.45) is 0 Å². The number of alkyl halides is 1. The predicted molar refractivity (Wildman–Crippen MR) is 37.6 cm³/mol. The van der Waals surface area contributed by atoms with Crippen LogP contribution in [0.5, 0.6) is 0 Å². The number of imidazole rings is 1. The molecule has 3 heteroatoms. The Morgan fingerprint density at radius 2 is 2.56 bits per heavy atom. The Labute approximate surface area is 59.3 Å². The molecule has 2 nitrogen and oxygen atoms in total. The molecule has 0 unspecified atom stereocenters. The predicted octanol–water partition coefficient (Wildman–Crippen LogP) is 1.58. The Morgan fingerprint density at radius 3 is 3.11 bits per heavy atom. The molecule has 0 aliphatic rings. The number of nitrogens with zero attached hydrogens (tertiary/aromatic N) is 1. The van der Waals surface area contributed by atoms with Crippen LogP contribution in [0.25, 0.3) is 0 Å². The molecule has 0 atom stereocenters. The minimum atomic E-state index is 0.709. The molecule has 1 rings (SSSR count). The third-order valence-corrected chi connectivity index (χ3v) is 1.37. The maximum Gasteiger partial charge on any atom is 0.106 e. The lowest BCUT2D eigenvalue weighted by atomic mass is 10.3. The Morgan fingerprint density at radius 1 is 1.67 bits per heavy atom. The van der Waals surface area contributed by atoms with Crippen LogP contribution in [-0.4, -0.2) is 15.8 Å². The first-order chi connectivity index (χ1) is 4.43. The van der Waals surface area contributed by atoms with Crippen molar-refractivity contribution >= 4 is 11.6 Å². The summed E-state index contributed by atoms with van der Waals surface area (Å²) in [5.74, 6) is 1.73. The van der Waals surface area contributed by atoms with Gasteiger partial charge >= 0.3 is 0 Å². The Kier molecular flexibility index (Phi) is 2.58. The third-order valence-electron chi connectivity index (χ3n) is 1.10. The fraction of sp³-hybridized carbons (Fsp3) is 0.500. The molecule has 0 aliphatic heterocycles. The highest BCUT2D eigenvalue weighted by molar-refractivity contribution is 6.17. The molecule has 50 valence electrons. The molecular weight excluding hydrogens is 136 g/mol. The zero-order valence-electron chi connectivity index (χ0n) is 5.10. The van der Waals surface area contributed by atoms with E-state index in [0.29, 0.717) is 5.88 Å². The topological polar surface area (TPSA) is 28.7 Å². The molecule has 0 aromatic carbocycles. The van der Waals surface area contributed by atoms with E-state index in [4.69, 9.17) is 11.6 Å². The molecule has 0 saturated heterocycles. The average molecular weight is 145 g/mol. The van der Waals surface area contributed by atoms with Crippen molar-refractivity contribution in [2.75, 3.05) is 5.88 Å². The van der Waals surface area contributed by atoms with Crippen LogP contribution in [0.3, 0.4) is 0 Å². The lowest BCUT2D eigenvalue weighted by Crippen LogP contribution is -1.87. The van der Waals surface area contributed by atoms with Gasteiger partial charge in [0, 0.05) is 24.7 Å². The van der Waals surface area contributed by atoms with E-state index >= 15 is 0 Å². The number of hydrogen-bond donors (Lipinski definition) is 1. The molecule has 0 aliphatic carbocycles. The van der Waals surface area contributed by atoms with Crippen LogP contribution in [0.2, 0.25) is 0 Å². The van der Waals surface area contributed by atoms with Gasteiger partial charge in [0.15, 0.2) is 0 Å². The van der Waals surface area contributed by atoms with E-state index in [1.165, 1.54) is 0 Å². The molecule has 0 saturated carbocycles. The van der Waals surface area contributed by atoms with Crippen LogP contribution in [-0.2, 0) is 6.42 Å². The lowest BCUT2D eigenvalue weighted by Gasteiger charge is -1.89. The summed E-state index contributed by atoms with van der Waals surface area (Å²) in [6.45, 7) is 0. The molecule has 1 aromatic rings. The first-order valence-corrected chi connectivity index (χ1v) is 3.51. The van der Waals surface area contributed by atoms with Crippen molar-refractivity contribution in [3.05, 3.63) is 18.2 Å². The van der Waals surface area contributed by atoms with Crippen LogP contribution in [0.1, 0.15) is 12.2 Å². The number of aryl methyl sites for hydroxylation is 1. The van der Waals surface area contributed by atoms with Gasteiger partial charge in [-0.15, -0.1) is 11.6 Å². The summed E-state index contributed by atoms with van der Waals surface area (Å²) in [6, 6.07) is 0. The van der Waals surface area contributed by atoms with Gasteiger partial charge in [-0.1, -0.05) is 0 Å². The lowest BCUT2D eigenvalue weighted by molar-refractivity contribution is 0.862. The minimum absolute atomic E-state index is 0.709. The molecule has 0 radical (unpaired) electrons. The fourth-order valence-electron chi connectivity index (χ4n) is 0.669. The molecule has 9 heavy (non-hydrogen) atoms. The maximum absolute atomic E-state index is 5.48. The Hall–Kier alpha value is -0.500. The molecule has 0 fully saturated rings. The second kappa shape index (κ2) is 3.51. The van der Waals surface area contributed by atoms with Gasteiger partial charge in [-0.05, 0) is 6.42 Å². The van der Waals surface area contributed by atoms with Crippen molar-refractivity contribution in [1.82, 2.24) is 9.97 Å². The van der Waals surface area contributed by atoms with E-state index in [1.807, 2.05) is 6.20 Å². The van der Waals surface area contributed by atoms with E-state index in [2.05, 4.69) is 9.97 Å². The monoisotopic (exact) mass is 144 g/mol. The molecule has 1 N–H and O–H groups in total. The highest BCUT2D eigenvalue weighted by atomic mass is 35.5. The van der Waals surface area contributed by atoms with E-state index in [1.54, 1.807) is 6.20 Å². The van der Waals surface area contributed by atoms with Crippen molar-refractivity contribution < 1.29 is 0 Å². The van der Waals surface area contributed by atoms with Gasteiger partial charge in [-0.3, -0.25) is 0 Å². The molecule has 0 spiro atoms. The quantitative estimate of drug-likeness (QED) is 0.642. The molecule has 1 aromatic heterocycles. The number of H-pyrrole nitrogens is 1. The number of aromatic nitrogens is 2. The molecular formula is C6H9ClN2. The zero-order valence-corrected chi connectivity index (χ0v) is 5.86. The molecule has 1 heterocycles. The van der Waals surface area contributed by atoms with Gasteiger partial charge < -0.3 is 4.98 Å². The van der Waals surface area contributed by atoms with Gasteiger partial charge in [0.25, 0.3) is 0 Å². The molecule has 0 amide bonds. The number of aromatic amines is 1. The highest BCUT2D eigenvalue weighted by Gasteiger charge is 1.90. The second-order valence-electron chi connectivity index (χ2n) is 1.83. The standard InChI is InChI=1S/C6H9ClN2/c7-3-1-2-6-8-4-5-9-6/h4-5H,1-3H2,(H,8,9). The van der Waals surface area contributed by atoms with Crippen LogP contribution in [0, 0.1) is 0 Å². The van der Waals surface area contributed by atoms with Crippen molar-refractivity contribution in [2.45, 2.75) is 12.8 Å². The van der Waals surface area contributed by atoms with Gasteiger partial charge in [0.2, 0.25) is 0 Å². The van der Waals surface area contributed by atoms with Crippen molar-refractivity contribution in [3.63, 3.8) is 0 Å². The third kappa shape index (κ3) is 2.06. The van der Waals surface area contributed by atoms with E-state index in [-0.39, 0.29) is 0 Å². The van der Waals surface area contributed by atoms with Crippen LogP contribution < -0.4 is 0 Å². The summed E-state index contributed by atoms with van der Waals surface area (Å²) >= 11 is 5.48. The fourth-order valence-corrected chi connectivity index (χ4v) is 0.803.